The van der Waals surface area contributed by atoms with Gasteiger partial charge in [-0.3, -0.25) is 0 Å². The van der Waals surface area contributed by atoms with Gasteiger partial charge >= 0.3 is 0 Å². The largest absolute Gasteiger partial charge is 0.108 e. The van der Waals surface area contributed by atoms with Crippen molar-refractivity contribution in [3.63, 3.8) is 0 Å². The Morgan fingerprint density at radius 3 is 1.55 bits per heavy atom. The van der Waals surface area contributed by atoms with Crippen molar-refractivity contribution in [1.82, 2.24) is 0 Å². The van der Waals surface area contributed by atoms with Gasteiger partial charge in [-0.05, 0) is 30.7 Å². The summed E-state index contributed by atoms with van der Waals surface area (Å²) >= 11 is 0. The third-order valence-corrected chi connectivity index (χ3v) is 4.53. The molecule has 68 valence electrons. The predicted molar refractivity (Wildman–Crippen MR) is 57.5 cm³/mol. The summed E-state index contributed by atoms with van der Waals surface area (Å²) in [6.45, 7) is 6.92. The molecule has 0 spiro atoms. The van der Waals surface area contributed by atoms with Gasteiger partial charge in [-0.15, -0.1) is 0 Å². The van der Waals surface area contributed by atoms with Crippen molar-refractivity contribution < 1.29 is 0 Å². The van der Waals surface area contributed by atoms with Crippen LogP contribution in [0.5, 0.6) is 0 Å². The van der Waals surface area contributed by atoms with E-state index < -0.39 is 0 Å². The highest BCUT2D eigenvalue weighted by molar-refractivity contribution is 7.96. The van der Waals surface area contributed by atoms with Gasteiger partial charge in [0.2, 0.25) is 0 Å². The average molecular weight is 175 g/mol. The molecule has 0 aromatic heterocycles. The van der Waals surface area contributed by atoms with Crippen molar-refractivity contribution in [3.8, 4) is 0 Å². The fourth-order valence-electron chi connectivity index (χ4n) is 1.09. The van der Waals surface area contributed by atoms with E-state index in [4.69, 9.17) is 0 Å². The molecule has 0 aliphatic heterocycles. The third kappa shape index (κ3) is 6.74. The lowest BCUT2D eigenvalue weighted by molar-refractivity contribution is 0.871. The molecule has 0 aliphatic carbocycles. The molecule has 0 unspecified atom stereocenters. The van der Waals surface area contributed by atoms with Gasteiger partial charge in [-0.25, -0.2) is 0 Å². The fourth-order valence-corrected chi connectivity index (χ4v) is 3.26. The van der Waals surface area contributed by atoms with Crippen LogP contribution in [0.15, 0.2) is 0 Å². The zero-order valence-corrected chi connectivity index (χ0v) is 9.17. The van der Waals surface area contributed by atoms with E-state index in [0.29, 0.717) is 0 Å². The first-order valence-corrected chi connectivity index (χ1v) is 6.72. The van der Waals surface area contributed by atoms with Crippen LogP contribution in [0.3, 0.4) is 0 Å². The second-order valence-corrected chi connectivity index (χ2v) is 5.63. The lowest BCUT2D eigenvalue weighted by atomic mass is 10.4. The van der Waals surface area contributed by atoms with E-state index in [1.165, 1.54) is 42.9 Å². The van der Waals surface area contributed by atoms with Crippen LogP contribution in [-0.2, 0) is 10.9 Å². The molecule has 0 saturated heterocycles. The van der Waals surface area contributed by atoms with E-state index in [0.717, 1.165) is 10.9 Å². The highest BCUT2D eigenvalue weighted by Crippen LogP contribution is 2.04. The van der Waals surface area contributed by atoms with E-state index in [9.17, 15) is 0 Å². The van der Waals surface area contributed by atoms with Gasteiger partial charge in [0.15, 0.2) is 0 Å². The fraction of sp³-hybridized carbons (Fsp3) is 1.00. The van der Waals surface area contributed by atoms with Crippen LogP contribution < -0.4 is 0 Å². The van der Waals surface area contributed by atoms with Gasteiger partial charge in [-0.2, -0.15) is 0 Å². The molecular weight excluding hydrogens is 152 g/mol. The molecule has 0 heterocycles. The van der Waals surface area contributed by atoms with Gasteiger partial charge in [-0.1, -0.05) is 26.7 Å². The average Bonchev–Trinajstić information content (AvgIpc) is 2.05. The van der Waals surface area contributed by atoms with Crippen LogP contribution in [-0.4, -0.2) is 17.3 Å². The molecule has 1 heteroatoms. The molecule has 0 nitrogen and oxygen atoms in total. The summed E-state index contributed by atoms with van der Waals surface area (Å²) in [5.41, 5.74) is 0. The molecule has 0 amide bonds. The third-order valence-electron chi connectivity index (χ3n) is 1.98. The summed E-state index contributed by atoms with van der Waals surface area (Å²) < 4.78 is 0. The Labute approximate surface area is 75.1 Å². The summed E-state index contributed by atoms with van der Waals surface area (Å²) in [6.07, 6.45) is 5.63. The first-order chi connectivity index (χ1) is 5.35. The maximum atomic E-state index is 2.34. The number of rotatable bonds is 7. The monoisotopic (exact) mass is 175 g/mol. The van der Waals surface area contributed by atoms with Crippen molar-refractivity contribution in [2.75, 3.05) is 17.3 Å². The molecule has 0 fully saturated rings. The van der Waals surface area contributed by atoms with E-state index >= 15 is 0 Å². The van der Waals surface area contributed by atoms with Gasteiger partial charge in [0.25, 0.3) is 0 Å². The molecule has 0 atom stereocenters. The molecule has 0 N–H and O–H groups in total. The van der Waals surface area contributed by atoms with Crippen LogP contribution >= 0.6 is 0 Å². The summed E-state index contributed by atoms with van der Waals surface area (Å²) in [6, 6.07) is 0. The highest BCUT2D eigenvalue weighted by atomic mass is 32.2. The van der Waals surface area contributed by atoms with Crippen molar-refractivity contribution in [1.29, 1.82) is 0 Å². The molecule has 0 radical (unpaired) electrons. The number of hydrogen-bond donors (Lipinski definition) is 0. The van der Waals surface area contributed by atoms with E-state index in [1.807, 2.05) is 0 Å². The van der Waals surface area contributed by atoms with Crippen LogP contribution in [0.25, 0.3) is 0 Å². The van der Waals surface area contributed by atoms with Crippen LogP contribution in [0.4, 0.5) is 0 Å². The van der Waals surface area contributed by atoms with Crippen LogP contribution in [0, 0.1) is 0 Å². The zero-order valence-electron chi connectivity index (χ0n) is 8.36. The Kier molecular flexibility index (Phi) is 8.72. The summed E-state index contributed by atoms with van der Waals surface area (Å²) in [5, 5.41) is 0. The lowest BCUT2D eigenvalue weighted by Gasteiger charge is -2.04. The van der Waals surface area contributed by atoms with Crippen molar-refractivity contribution in [2.45, 2.75) is 46.5 Å². The Hall–Kier alpha value is 0.350. The van der Waals surface area contributed by atoms with Crippen molar-refractivity contribution in [2.24, 2.45) is 0 Å². The molecule has 0 rings (SSSR count). The van der Waals surface area contributed by atoms with Gasteiger partial charge in [0.05, 0.1) is 0 Å². The first-order valence-electron chi connectivity index (χ1n) is 4.99. The molecule has 0 saturated carbocycles. The lowest BCUT2D eigenvalue weighted by Crippen LogP contribution is -2.14. The molecule has 0 aliphatic rings. The number of hydrogen-bond acceptors (Lipinski definition) is 0. The minimum atomic E-state index is 0.769. The Bertz CT molecular complexity index is 63.3. The van der Waals surface area contributed by atoms with E-state index in [2.05, 4.69) is 20.8 Å². The van der Waals surface area contributed by atoms with Gasteiger partial charge < -0.3 is 0 Å². The Morgan fingerprint density at radius 1 is 0.818 bits per heavy atom. The smallest absolute Gasteiger partial charge is 0.0652 e. The predicted octanol–water partition coefficient (Wildman–Crippen LogP) is 3.22. The maximum Gasteiger partial charge on any atom is 0.108 e. The minimum Gasteiger partial charge on any atom is -0.0652 e. The highest BCUT2D eigenvalue weighted by Gasteiger charge is 2.12. The van der Waals surface area contributed by atoms with Crippen molar-refractivity contribution >= 4 is 10.9 Å². The molecule has 11 heavy (non-hydrogen) atoms. The van der Waals surface area contributed by atoms with E-state index in [1.54, 1.807) is 0 Å². The molecular formula is C10H23S+. The quantitative estimate of drug-likeness (QED) is 0.521. The standard InChI is InChI=1S/C10H23S/c1-4-7-9-11(6-3)10-8-5-2/h4-10H2,1-3H3/q+1. The van der Waals surface area contributed by atoms with Crippen molar-refractivity contribution in [3.05, 3.63) is 0 Å². The second kappa shape index (κ2) is 8.45. The van der Waals surface area contributed by atoms with E-state index in [-0.39, 0.29) is 0 Å². The zero-order chi connectivity index (χ0) is 8.53. The van der Waals surface area contributed by atoms with Crippen LogP contribution in [0.1, 0.15) is 46.5 Å². The summed E-state index contributed by atoms with van der Waals surface area (Å²) in [4.78, 5) is 0. The topological polar surface area (TPSA) is 0 Å². The summed E-state index contributed by atoms with van der Waals surface area (Å²) in [7, 11) is 0.769. The van der Waals surface area contributed by atoms with Gasteiger partial charge in [0, 0.05) is 0 Å². The minimum absolute atomic E-state index is 0.769. The Balaban J connectivity index is 3.25. The second-order valence-electron chi connectivity index (χ2n) is 3.02. The SMILES string of the molecule is CCCC[S+](CC)CCCC. The molecule has 0 aromatic carbocycles. The molecule has 0 aromatic rings. The first kappa shape index (κ1) is 11.4. The maximum absolute atomic E-state index is 2.34. The Morgan fingerprint density at radius 2 is 1.27 bits per heavy atom. The van der Waals surface area contributed by atoms with Crippen LogP contribution in [0.2, 0.25) is 0 Å². The summed E-state index contributed by atoms with van der Waals surface area (Å²) in [5.74, 6) is 4.40. The van der Waals surface area contributed by atoms with Gasteiger partial charge in [0.1, 0.15) is 17.3 Å². The normalized spacial score (nSPS) is 10.9. The molecule has 0 bridgehead atoms. The number of unbranched alkanes of at least 4 members (excludes halogenated alkanes) is 2.